The summed E-state index contributed by atoms with van der Waals surface area (Å²) in [6.07, 6.45) is 8.20. The molecule has 0 aromatic heterocycles. The maximum absolute atomic E-state index is 12.7. The molecule has 5 nitrogen and oxygen atoms in total. The Bertz CT molecular complexity index is 995. The van der Waals surface area contributed by atoms with E-state index in [-0.39, 0.29) is 17.7 Å². The van der Waals surface area contributed by atoms with Crippen LogP contribution < -0.4 is 10.6 Å². The van der Waals surface area contributed by atoms with Crippen LogP contribution in [0.15, 0.2) is 48.5 Å². The molecular weight excluding hydrogens is 493 g/mol. The highest BCUT2D eigenvalue weighted by molar-refractivity contribution is 6.42. The third kappa shape index (κ3) is 8.95. The van der Waals surface area contributed by atoms with E-state index in [2.05, 4.69) is 15.5 Å². The number of unbranched alkanes of at least 4 members (excludes halogenated alkanes) is 2. The van der Waals surface area contributed by atoms with Crippen LogP contribution in [0.5, 0.6) is 0 Å². The highest BCUT2D eigenvalue weighted by Crippen LogP contribution is 2.26. The normalized spacial score (nSPS) is 16.5. The first kappa shape index (κ1) is 26.6. The van der Waals surface area contributed by atoms with E-state index >= 15 is 0 Å². The third-order valence-electron chi connectivity index (χ3n) is 5.81. The molecule has 8 heteroatoms. The fraction of sp³-hybridized carbons (Fsp3) is 0.385. The molecule has 0 aliphatic carbocycles. The van der Waals surface area contributed by atoms with E-state index in [0.717, 1.165) is 57.3 Å². The highest BCUT2D eigenvalue weighted by atomic mass is 35.5. The number of carbonyl (C=O) groups is 2. The molecule has 1 aliphatic heterocycles. The van der Waals surface area contributed by atoms with Crippen molar-refractivity contribution in [2.75, 3.05) is 31.5 Å². The minimum atomic E-state index is -0.0955. The fourth-order valence-corrected chi connectivity index (χ4v) is 4.37. The molecule has 0 bridgehead atoms. The summed E-state index contributed by atoms with van der Waals surface area (Å²) in [4.78, 5) is 27.0. The fourth-order valence-electron chi connectivity index (χ4n) is 3.94. The maximum atomic E-state index is 12.7. The van der Waals surface area contributed by atoms with Crippen LogP contribution in [0.1, 0.15) is 37.7 Å². The van der Waals surface area contributed by atoms with E-state index in [1.807, 2.05) is 12.1 Å². The van der Waals surface area contributed by atoms with Crippen LogP contribution in [0, 0.1) is 5.92 Å². The molecule has 1 heterocycles. The lowest BCUT2D eigenvalue weighted by atomic mass is 9.96. The van der Waals surface area contributed by atoms with Gasteiger partial charge in [0.25, 0.3) is 0 Å². The summed E-state index contributed by atoms with van der Waals surface area (Å²) in [5.74, 6) is -0.103. The molecule has 2 aromatic rings. The van der Waals surface area contributed by atoms with Crippen molar-refractivity contribution in [2.45, 2.75) is 32.1 Å². The average molecular weight is 523 g/mol. The number of hydrogen-bond acceptors (Lipinski definition) is 3. The molecule has 0 radical (unpaired) electrons. The number of halogens is 3. The Balaban J connectivity index is 1.29. The van der Waals surface area contributed by atoms with Crippen molar-refractivity contribution < 1.29 is 9.59 Å². The topological polar surface area (TPSA) is 61.4 Å². The molecule has 34 heavy (non-hydrogen) atoms. The largest absolute Gasteiger partial charge is 0.353 e. The lowest BCUT2D eigenvalue weighted by Gasteiger charge is -2.32. The first-order valence-corrected chi connectivity index (χ1v) is 12.7. The van der Waals surface area contributed by atoms with Crippen molar-refractivity contribution in [3.8, 4) is 0 Å². The number of rotatable bonds is 10. The van der Waals surface area contributed by atoms with Crippen LogP contribution in [0.3, 0.4) is 0 Å². The second-order valence-electron chi connectivity index (χ2n) is 8.49. The van der Waals surface area contributed by atoms with E-state index in [0.29, 0.717) is 27.3 Å². The summed E-state index contributed by atoms with van der Waals surface area (Å²) >= 11 is 17.8. The minimum Gasteiger partial charge on any atom is -0.353 e. The van der Waals surface area contributed by atoms with Gasteiger partial charge in [-0.05, 0) is 80.7 Å². The van der Waals surface area contributed by atoms with Crippen LogP contribution in [0.25, 0.3) is 6.08 Å². The molecule has 1 saturated heterocycles. The summed E-state index contributed by atoms with van der Waals surface area (Å²) in [5.41, 5.74) is 1.60. The van der Waals surface area contributed by atoms with Gasteiger partial charge in [0.05, 0.1) is 16.0 Å². The van der Waals surface area contributed by atoms with Crippen LogP contribution >= 0.6 is 34.8 Å². The lowest BCUT2D eigenvalue weighted by Crippen LogP contribution is -2.41. The van der Waals surface area contributed by atoms with Crippen molar-refractivity contribution in [3.05, 3.63) is 69.2 Å². The van der Waals surface area contributed by atoms with Gasteiger partial charge in [-0.25, -0.2) is 0 Å². The van der Waals surface area contributed by atoms with Crippen molar-refractivity contribution in [3.63, 3.8) is 0 Å². The standard InChI is InChI=1S/C26H30Cl3N3O2/c27-21-9-6-19(7-10-21)8-13-25(33)30-14-2-1-3-15-32-16-4-5-20(18-32)26(34)31-22-11-12-23(28)24(29)17-22/h6-13,17,20H,1-5,14-16,18H2,(H,30,33)(H,31,34)/b13-8+. The molecule has 0 spiro atoms. The van der Waals surface area contributed by atoms with Gasteiger partial charge in [-0.3, -0.25) is 9.59 Å². The number of piperidine rings is 1. The smallest absolute Gasteiger partial charge is 0.243 e. The molecule has 0 saturated carbocycles. The lowest BCUT2D eigenvalue weighted by molar-refractivity contribution is -0.121. The van der Waals surface area contributed by atoms with Gasteiger partial charge in [0.1, 0.15) is 0 Å². The van der Waals surface area contributed by atoms with Gasteiger partial charge in [-0.15, -0.1) is 0 Å². The summed E-state index contributed by atoms with van der Waals surface area (Å²) in [6, 6.07) is 12.5. The molecule has 3 rings (SSSR count). The van der Waals surface area contributed by atoms with Gasteiger partial charge in [0.2, 0.25) is 11.8 Å². The van der Waals surface area contributed by atoms with Gasteiger partial charge < -0.3 is 15.5 Å². The Labute approximate surface area is 216 Å². The molecular formula is C26H30Cl3N3O2. The Morgan fingerprint density at radius 3 is 2.56 bits per heavy atom. The van der Waals surface area contributed by atoms with E-state index in [9.17, 15) is 9.59 Å². The Morgan fingerprint density at radius 2 is 1.79 bits per heavy atom. The number of nitrogens with zero attached hydrogens (tertiary/aromatic N) is 1. The number of amides is 2. The molecule has 2 amide bonds. The van der Waals surface area contributed by atoms with Crippen molar-refractivity contribution in [1.82, 2.24) is 10.2 Å². The van der Waals surface area contributed by atoms with Crippen LogP contribution in [-0.2, 0) is 9.59 Å². The van der Waals surface area contributed by atoms with Gasteiger partial charge in [0, 0.05) is 29.9 Å². The Hall–Kier alpha value is -2.05. The maximum Gasteiger partial charge on any atom is 0.243 e. The Morgan fingerprint density at radius 1 is 1.00 bits per heavy atom. The molecule has 2 N–H and O–H groups in total. The number of hydrogen-bond donors (Lipinski definition) is 2. The SMILES string of the molecule is O=C(/C=C/c1ccc(Cl)cc1)NCCCCCN1CCCC(C(=O)Nc2ccc(Cl)c(Cl)c2)C1. The summed E-state index contributed by atoms with van der Waals surface area (Å²) in [6.45, 7) is 3.39. The van der Waals surface area contributed by atoms with Gasteiger partial charge in [0.15, 0.2) is 0 Å². The summed E-state index contributed by atoms with van der Waals surface area (Å²) < 4.78 is 0. The minimum absolute atomic E-state index is 0.0254. The number of benzene rings is 2. The summed E-state index contributed by atoms with van der Waals surface area (Å²) in [7, 11) is 0. The van der Waals surface area contributed by atoms with Gasteiger partial charge >= 0.3 is 0 Å². The van der Waals surface area contributed by atoms with E-state index in [1.165, 1.54) is 0 Å². The van der Waals surface area contributed by atoms with Gasteiger partial charge in [-0.2, -0.15) is 0 Å². The number of nitrogens with one attached hydrogen (secondary N) is 2. The van der Waals surface area contributed by atoms with Crippen LogP contribution in [-0.4, -0.2) is 42.9 Å². The average Bonchev–Trinajstić information content (AvgIpc) is 2.83. The second-order valence-corrected chi connectivity index (χ2v) is 9.75. The second kappa shape index (κ2) is 13.7. The zero-order valence-corrected chi connectivity index (χ0v) is 21.3. The summed E-state index contributed by atoms with van der Waals surface area (Å²) in [5, 5.41) is 7.45. The predicted molar refractivity (Wildman–Crippen MR) is 142 cm³/mol. The number of carbonyl (C=O) groups excluding carboxylic acids is 2. The first-order valence-electron chi connectivity index (χ1n) is 11.6. The molecule has 1 aliphatic rings. The molecule has 1 unspecified atom stereocenters. The highest BCUT2D eigenvalue weighted by Gasteiger charge is 2.25. The molecule has 1 fully saturated rings. The van der Waals surface area contributed by atoms with Crippen molar-refractivity contribution in [2.24, 2.45) is 5.92 Å². The Kier molecular flexibility index (Phi) is 10.7. The van der Waals surface area contributed by atoms with Gasteiger partial charge in [-0.1, -0.05) is 53.4 Å². The predicted octanol–water partition coefficient (Wildman–Crippen LogP) is 6.30. The molecule has 1 atom stereocenters. The first-order chi connectivity index (χ1) is 16.4. The zero-order chi connectivity index (χ0) is 24.3. The van der Waals surface area contributed by atoms with Crippen molar-refractivity contribution >= 4 is 58.4 Å². The monoisotopic (exact) mass is 521 g/mol. The van der Waals surface area contributed by atoms with E-state index < -0.39 is 0 Å². The van der Waals surface area contributed by atoms with E-state index in [1.54, 1.807) is 42.5 Å². The number of anilines is 1. The quantitative estimate of drug-likeness (QED) is 0.284. The zero-order valence-electron chi connectivity index (χ0n) is 19.0. The number of likely N-dealkylation sites (tertiary alicyclic amines) is 1. The van der Waals surface area contributed by atoms with E-state index in [4.69, 9.17) is 34.8 Å². The molecule has 2 aromatic carbocycles. The third-order valence-corrected chi connectivity index (χ3v) is 6.80. The van der Waals surface area contributed by atoms with Crippen LogP contribution in [0.4, 0.5) is 5.69 Å². The molecule has 182 valence electrons. The van der Waals surface area contributed by atoms with Crippen molar-refractivity contribution in [1.29, 1.82) is 0 Å². The van der Waals surface area contributed by atoms with Crippen LogP contribution in [0.2, 0.25) is 15.1 Å².